The largest absolute Gasteiger partial charge is 0.463 e. The molecule has 0 saturated carbocycles. The van der Waals surface area contributed by atoms with Gasteiger partial charge in [0, 0.05) is 36.1 Å². The van der Waals surface area contributed by atoms with Crippen molar-refractivity contribution in [1.82, 2.24) is 0 Å². The van der Waals surface area contributed by atoms with Crippen LogP contribution in [0.25, 0.3) is 0 Å². The molecule has 5 heteroatoms. The zero-order valence-corrected chi connectivity index (χ0v) is 19.0. The van der Waals surface area contributed by atoms with Crippen molar-refractivity contribution in [2.24, 2.45) is 0 Å². The van der Waals surface area contributed by atoms with Crippen LogP contribution in [0, 0.1) is 0 Å². The van der Waals surface area contributed by atoms with Crippen molar-refractivity contribution >= 4 is 35.8 Å². The second-order valence-corrected chi connectivity index (χ2v) is 6.20. The van der Waals surface area contributed by atoms with Gasteiger partial charge in [-0.05, 0) is 12.8 Å². The van der Waals surface area contributed by atoms with Crippen LogP contribution in [0.5, 0.6) is 0 Å². The molecule has 0 aromatic heterocycles. The van der Waals surface area contributed by atoms with Gasteiger partial charge in [-0.15, -0.1) is 0 Å². The van der Waals surface area contributed by atoms with Crippen molar-refractivity contribution in [2.45, 2.75) is 90.9 Å². The van der Waals surface area contributed by atoms with Gasteiger partial charge in [0.15, 0.2) is 0 Å². The second-order valence-electron chi connectivity index (χ2n) is 6.20. The zero-order valence-electron chi connectivity index (χ0n) is 16.2. The van der Waals surface area contributed by atoms with E-state index in [9.17, 15) is 9.59 Å². The summed E-state index contributed by atoms with van der Waals surface area (Å²) in [6.07, 6.45) is 16.1. The Morgan fingerprint density at radius 3 is 1.28 bits per heavy atom. The molecule has 0 saturated heterocycles. The van der Waals surface area contributed by atoms with Crippen LogP contribution in [0.1, 0.15) is 90.9 Å². The molecule has 144 valence electrons. The first-order chi connectivity index (χ1) is 11.7. The van der Waals surface area contributed by atoms with E-state index in [4.69, 9.17) is 9.47 Å². The average molecular weight is 459 g/mol. The SMILES string of the molecule is CCCCCCCCOC(=O)/C=C\C(=O)OCCCCCCCC.[Sn]. The van der Waals surface area contributed by atoms with Crippen LogP contribution in [0.2, 0.25) is 0 Å². The third-order valence-corrected chi connectivity index (χ3v) is 3.84. The molecule has 0 fully saturated rings. The summed E-state index contributed by atoms with van der Waals surface area (Å²) < 4.78 is 10.1. The predicted molar refractivity (Wildman–Crippen MR) is 104 cm³/mol. The van der Waals surface area contributed by atoms with E-state index in [2.05, 4.69) is 13.8 Å². The van der Waals surface area contributed by atoms with Crippen LogP contribution in [-0.4, -0.2) is 49.1 Å². The maximum absolute atomic E-state index is 11.4. The molecule has 25 heavy (non-hydrogen) atoms. The van der Waals surface area contributed by atoms with Crippen LogP contribution >= 0.6 is 0 Å². The number of unbranched alkanes of at least 4 members (excludes halogenated alkanes) is 10. The van der Waals surface area contributed by atoms with Crippen molar-refractivity contribution < 1.29 is 19.1 Å². The van der Waals surface area contributed by atoms with Crippen LogP contribution in [0.15, 0.2) is 12.2 Å². The molecule has 0 heterocycles. The molecule has 4 radical (unpaired) electrons. The topological polar surface area (TPSA) is 52.6 Å². The van der Waals surface area contributed by atoms with Gasteiger partial charge in [0.2, 0.25) is 0 Å². The summed E-state index contributed by atoms with van der Waals surface area (Å²) in [6, 6.07) is 0. The number of ether oxygens (including phenoxy) is 2. The normalized spacial score (nSPS) is 10.5. The van der Waals surface area contributed by atoms with Crippen molar-refractivity contribution in [3.8, 4) is 0 Å². The van der Waals surface area contributed by atoms with Gasteiger partial charge in [-0.25, -0.2) is 9.59 Å². The minimum absolute atomic E-state index is 0. The fraction of sp³-hybridized carbons (Fsp3) is 0.800. The first kappa shape index (κ1) is 26.7. The molecule has 0 unspecified atom stereocenters. The molecule has 0 aromatic rings. The van der Waals surface area contributed by atoms with Gasteiger partial charge in [0.1, 0.15) is 0 Å². The van der Waals surface area contributed by atoms with Crippen molar-refractivity contribution in [1.29, 1.82) is 0 Å². The number of hydrogen-bond donors (Lipinski definition) is 0. The number of rotatable bonds is 16. The maximum atomic E-state index is 11.4. The minimum atomic E-state index is -0.472. The number of esters is 2. The fourth-order valence-corrected chi connectivity index (χ4v) is 2.34. The molecule has 0 aliphatic heterocycles. The van der Waals surface area contributed by atoms with Crippen LogP contribution in [0.3, 0.4) is 0 Å². The van der Waals surface area contributed by atoms with E-state index in [1.54, 1.807) is 0 Å². The summed E-state index contributed by atoms with van der Waals surface area (Å²) in [5.41, 5.74) is 0. The Balaban J connectivity index is 0. The van der Waals surface area contributed by atoms with E-state index >= 15 is 0 Å². The number of carbonyl (C=O) groups excluding carboxylic acids is 2. The van der Waals surface area contributed by atoms with Gasteiger partial charge in [-0.2, -0.15) is 0 Å². The third kappa shape index (κ3) is 21.4. The van der Waals surface area contributed by atoms with Gasteiger partial charge in [0.05, 0.1) is 13.2 Å². The molecule has 0 aliphatic rings. The summed E-state index contributed by atoms with van der Waals surface area (Å²) in [6.45, 7) is 5.21. The molecule has 0 aromatic carbocycles. The Morgan fingerprint density at radius 1 is 0.600 bits per heavy atom. The maximum Gasteiger partial charge on any atom is 0.331 e. The first-order valence-electron chi connectivity index (χ1n) is 9.72. The minimum Gasteiger partial charge on any atom is -0.463 e. The van der Waals surface area contributed by atoms with Crippen LogP contribution in [-0.2, 0) is 19.1 Å². The summed E-state index contributed by atoms with van der Waals surface area (Å²) in [5, 5.41) is 0. The molecule has 0 spiro atoms. The van der Waals surface area contributed by atoms with Gasteiger partial charge in [-0.1, -0.05) is 78.1 Å². The smallest absolute Gasteiger partial charge is 0.331 e. The molecular formula is C20H36O4Sn. The summed E-state index contributed by atoms with van der Waals surface area (Å²) >= 11 is 0. The fourth-order valence-electron chi connectivity index (χ4n) is 2.34. The zero-order chi connectivity index (χ0) is 17.9. The third-order valence-electron chi connectivity index (χ3n) is 3.84. The van der Waals surface area contributed by atoms with Gasteiger partial charge in [-0.3, -0.25) is 0 Å². The van der Waals surface area contributed by atoms with E-state index in [-0.39, 0.29) is 23.9 Å². The van der Waals surface area contributed by atoms with E-state index in [1.165, 1.54) is 51.4 Å². The molecule has 0 aliphatic carbocycles. The predicted octanol–water partition coefficient (Wildman–Crippen LogP) is 4.97. The van der Waals surface area contributed by atoms with E-state index in [1.807, 2.05) is 0 Å². The summed E-state index contributed by atoms with van der Waals surface area (Å²) in [5.74, 6) is -0.944. The Kier molecular flexibility index (Phi) is 23.0. The number of carbonyl (C=O) groups is 2. The molecule has 0 rings (SSSR count). The standard InChI is InChI=1S/C20H36O4.Sn/c1-3-5-7-9-11-13-17-23-19(21)15-16-20(22)24-18-14-12-10-8-6-4-2;/h15-16H,3-14,17-18H2,1-2H3;/b16-15-;. The molecular weight excluding hydrogens is 423 g/mol. The van der Waals surface area contributed by atoms with E-state index < -0.39 is 11.9 Å². The molecule has 4 nitrogen and oxygen atoms in total. The average Bonchev–Trinajstić information content (AvgIpc) is 2.58. The molecule has 0 amide bonds. The number of hydrogen-bond acceptors (Lipinski definition) is 4. The first-order valence-corrected chi connectivity index (χ1v) is 9.72. The van der Waals surface area contributed by atoms with Gasteiger partial charge >= 0.3 is 11.9 Å². The summed E-state index contributed by atoms with van der Waals surface area (Å²) in [7, 11) is 0. The van der Waals surface area contributed by atoms with Crippen molar-refractivity contribution in [2.75, 3.05) is 13.2 Å². The quantitative estimate of drug-likeness (QED) is 0.142. The van der Waals surface area contributed by atoms with E-state index in [0.717, 1.165) is 37.8 Å². The van der Waals surface area contributed by atoms with Crippen LogP contribution < -0.4 is 0 Å². The van der Waals surface area contributed by atoms with Gasteiger partial charge < -0.3 is 9.47 Å². The van der Waals surface area contributed by atoms with E-state index in [0.29, 0.717) is 13.2 Å². The second kappa shape index (κ2) is 21.5. The van der Waals surface area contributed by atoms with Crippen molar-refractivity contribution in [3.63, 3.8) is 0 Å². The molecule has 0 N–H and O–H groups in total. The van der Waals surface area contributed by atoms with Gasteiger partial charge in [0.25, 0.3) is 0 Å². The summed E-state index contributed by atoms with van der Waals surface area (Å²) in [4.78, 5) is 22.9. The Morgan fingerprint density at radius 2 is 0.920 bits per heavy atom. The molecule has 0 atom stereocenters. The Hall–Kier alpha value is -0.521. The van der Waals surface area contributed by atoms with Crippen molar-refractivity contribution in [3.05, 3.63) is 12.2 Å². The Labute approximate surface area is 171 Å². The monoisotopic (exact) mass is 460 g/mol. The Bertz CT molecular complexity index is 311. The van der Waals surface area contributed by atoms with Crippen LogP contribution in [0.4, 0.5) is 0 Å². The molecule has 0 bridgehead atoms.